The van der Waals surface area contributed by atoms with Crippen molar-refractivity contribution in [2.45, 2.75) is 13.5 Å². The molecular formula is C16H15N2. The van der Waals surface area contributed by atoms with Crippen molar-refractivity contribution < 1.29 is 0 Å². The third-order valence-electron chi connectivity index (χ3n) is 3.07. The number of hydrogen-bond donors (Lipinski definition) is 0. The summed E-state index contributed by atoms with van der Waals surface area (Å²) in [5, 5.41) is 0. The number of fused-ring (bicyclic) bond motifs is 1. The summed E-state index contributed by atoms with van der Waals surface area (Å²) < 4.78 is 2.25. The summed E-state index contributed by atoms with van der Waals surface area (Å²) in [6, 6.07) is 8.27. The third kappa shape index (κ3) is 2.07. The second-order valence-electron chi connectivity index (χ2n) is 4.34. The van der Waals surface area contributed by atoms with Crippen molar-refractivity contribution in [1.82, 2.24) is 9.55 Å². The molecule has 0 N–H and O–H groups in total. The molecule has 5 radical (unpaired) electrons. The van der Waals surface area contributed by atoms with Crippen LogP contribution in [0.4, 0.5) is 0 Å². The van der Waals surface area contributed by atoms with Gasteiger partial charge in [0.05, 0.1) is 11.0 Å². The molecule has 0 spiro atoms. The predicted molar refractivity (Wildman–Crippen MR) is 74.9 cm³/mol. The van der Waals surface area contributed by atoms with Crippen LogP contribution in [-0.2, 0) is 6.54 Å². The molecule has 3 rings (SSSR count). The van der Waals surface area contributed by atoms with Crippen LogP contribution >= 0.6 is 0 Å². The van der Waals surface area contributed by atoms with Crippen LogP contribution in [0.3, 0.4) is 0 Å². The molecular weight excluding hydrogens is 220 g/mol. The minimum absolute atomic E-state index is 0.868. The number of rotatable bonds is 3. The van der Waals surface area contributed by atoms with Gasteiger partial charge in [0.15, 0.2) is 0 Å². The smallest absolute Gasteiger partial charge is 0.133 e. The summed E-state index contributed by atoms with van der Waals surface area (Å²) in [4.78, 5) is 4.66. The van der Waals surface area contributed by atoms with E-state index in [2.05, 4.69) is 59.5 Å². The molecule has 2 aromatic rings. The van der Waals surface area contributed by atoms with E-state index >= 15 is 0 Å². The van der Waals surface area contributed by atoms with E-state index in [9.17, 15) is 0 Å². The average molecular weight is 235 g/mol. The minimum atomic E-state index is 0.868. The lowest BCUT2D eigenvalue weighted by Gasteiger charge is -2.11. The van der Waals surface area contributed by atoms with Gasteiger partial charge in [0.25, 0.3) is 0 Å². The highest BCUT2D eigenvalue weighted by Gasteiger charge is 2.19. The first-order valence-corrected chi connectivity index (χ1v) is 6.17. The second kappa shape index (κ2) is 4.97. The van der Waals surface area contributed by atoms with Gasteiger partial charge in [0.2, 0.25) is 0 Å². The molecule has 1 fully saturated rings. The lowest BCUT2D eigenvalue weighted by atomic mass is 10.1. The molecule has 0 unspecified atom stereocenters. The maximum atomic E-state index is 4.66. The molecule has 1 saturated carbocycles. The largest absolute Gasteiger partial charge is 0.324 e. The fourth-order valence-electron chi connectivity index (χ4n) is 2.24. The number of benzene rings is 1. The maximum Gasteiger partial charge on any atom is 0.133 e. The Morgan fingerprint density at radius 3 is 2.72 bits per heavy atom. The zero-order valence-electron chi connectivity index (χ0n) is 10.4. The van der Waals surface area contributed by atoms with E-state index in [0.29, 0.717) is 0 Å². The first kappa shape index (κ1) is 11.5. The molecule has 0 atom stereocenters. The molecule has 1 aromatic carbocycles. The van der Waals surface area contributed by atoms with E-state index in [4.69, 9.17) is 0 Å². The highest BCUT2D eigenvalue weighted by molar-refractivity contribution is 5.78. The summed E-state index contributed by atoms with van der Waals surface area (Å²) in [7, 11) is 0. The quantitative estimate of drug-likeness (QED) is 0.796. The van der Waals surface area contributed by atoms with Crippen LogP contribution in [0.5, 0.6) is 0 Å². The highest BCUT2D eigenvalue weighted by atomic mass is 15.1. The topological polar surface area (TPSA) is 17.8 Å². The molecule has 18 heavy (non-hydrogen) atoms. The lowest BCUT2D eigenvalue weighted by molar-refractivity contribution is 0.756. The Hall–Kier alpha value is -1.57. The Kier molecular flexibility index (Phi) is 3.18. The van der Waals surface area contributed by atoms with E-state index in [1.165, 1.54) is 11.4 Å². The van der Waals surface area contributed by atoms with E-state index < -0.39 is 0 Å². The van der Waals surface area contributed by atoms with Gasteiger partial charge in [-0.3, -0.25) is 0 Å². The number of allylic oxidation sites excluding steroid dienone is 1. The van der Waals surface area contributed by atoms with Gasteiger partial charge < -0.3 is 4.57 Å². The Bertz CT molecular complexity index is 559. The molecule has 0 amide bonds. The summed E-state index contributed by atoms with van der Waals surface area (Å²) in [5.74, 6) is 2.32. The van der Waals surface area contributed by atoms with Crippen molar-refractivity contribution in [3.8, 4) is 0 Å². The summed E-state index contributed by atoms with van der Waals surface area (Å²) in [5.41, 5.74) is 2.24. The standard InChI is InChI=1S/C16H15N2/c1-2-7-16-17-14-10-5-6-11-15(14)18(16)12-13-8-3-4-9-13/h2-11H,12H2,1H3/b7-2+. The predicted octanol–water partition coefficient (Wildman–Crippen LogP) is 3.47. The van der Waals surface area contributed by atoms with E-state index in [0.717, 1.165) is 17.9 Å². The summed E-state index contributed by atoms with van der Waals surface area (Å²) in [6.45, 7) is 2.89. The van der Waals surface area contributed by atoms with Crippen molar-refractivity contribution in [3.05, 3.63) is 67.8 Å². The molecule has 1 aliphatic carbocycles. The number of para-hydroxylation sites is 2. The van der Waals surface area contributed by atoms with Gasteiger partial charge in [-0.05, 0) is 50.8 Å². The van der Waals surface area contributed by atoms with Crippen molar-refractivity contribution in [2.24, 2.45) is 0 Å². The van der Waals surface area contributed by atoms with Crippen LogP contribution in [0.1, 0.15) is 12.7 Å². The minimum Gasteiger partial charge on any atom is -0.324 e. The second-order valence-corrected chi connectivity index (χ2v) is 4.34. The molecule has 0 bridgehead atoms. The zero-order valence-corrected chi connectivity index (χ0v) is 10.4. The highest BCUT2D eigenvalue weighted by Crippen LogP contribution is 2.27. The normalized spacial score (nSPS) is 17.2. The van der Waals surface area contributed by atoms with Gasteiger partial charge in [0.1, 0.15) is 5.82 Å². The molecule has 89 valence electrons. The number of imidazole rings is 1. The monoisotopic (exact) mass is 235 g/mol. The fraction of sp³-hybridized carbons (Fsp3) is 0.125. The molecule has 2 heteroatoms. The summed E-state index contributed by atoms with van der Waals surface area (Å²) >= 11 is 0. The number of hydrogen-bond acceptors (Lipinski definition) is 1. The van der Waals surface area contributed by atoms with Crippen LogP contribution in [-0.4, -0.2) is 9.55 Å². The van der Waals surface area contributed by atoms with Gasteiger partial charge in [-0.15, -0.1) is 0 Å². The Labute approximate surface area is 108 Å². The molecule has 0 saturated heterocycles. The van der Waals surface area contributed by atoms with E-state index in [1.54, 1.807) is 0 Å². The number of nitrogens with zero attached hydrogens (tertiary/aromatic N) is 2. The third-order valence-corrected chi connectivity index (χ3v) is 3.07. The fourth-order valence-corrected chi connectivity index (χ4v) is 2.24. The molecule has 0 aliphatic heterocycles. The van der Waals surface area contributed by atoms with Crippen molar-refractivity contribution in [3.63, 3.8) is 0 Å². The zero-order chi connectivity index (χ0) is 12.4. The molecule has 1 heterocycles. The lowest BCUT2D eigenvalue weighted by Crippen LogP contribution is -2.08. The SMILES string of the molecule is C/C=C/c1nc2ccccc2n1C[C]1[CH][CH][CH][CH]1. The van der Waals surface area contributed by atoms with Crippen molar-refractivity contribution >= 4 is 17.1 Å². The van der Waals surface area contributed by atoms with Gasteiger partial charge >= 0.3 is 0 Å². The molecule has 1 aromatic heterocycles. The van der Waals surface area contributed by atoms with Crippen molar-refractivity contribution in [2.75, 3.05) is 0 Å². The van der Waals surface area contributed by atoms with E-state index in [1.807, 2.05) is 19.1 Å². The van der Waals surface area contributed by atoms with Gasteiger partial charge in [0, 0.05) is 12.5 Å². The van der Waals surface area contributed by atoms with Crippen LogP contribution < -0.4 is 0 Å². The van der Waals surface area contributed by atoms with Gasteiger partial charge in [-0.25, -0.2) is 4.98 Å². The van der Waals surface area contributed by atoms with Gasteiger partial charge in [-0.2, -0.15) is 0 Å². The Balaban J connectivity index is 2.02. The van der Waals surface area contributed by atoms with Crippen LogP contribution in [0.15, 0.2) is 30.3 Å². The van der Waals surface area contributed by atoms with Crippen molar-refractivity contribution in [1.29, 1.82) is 0 Å². The average Bonchev–Trinajstić information content (AvgIpc) is 3.00. The van der Waals surface area contributed by atoms with E-state index in [-0.39, 0.29) is 0 Å². The molecule has 1 aliphatic rings. The summed E-state index contributed by atoms with van der Waals surface area (Å²) in [6.07, 6.45) is 12.5. The van der Waals surface area contributed by atoms with Crippen LogP contribution in [0.2, 0.25) is 0 Å². The van der Waals surface area contributed by atoms with Gasteiger partial charge in [-0.1, -0.05) is 18.2 Å². The molecule has 2 nitrogen and oxygen atoms in total. The first-order valence-electron chi connectivity index (χ1n) is 6.17. The van der Waals surface area contributed by atoms with Crippen LogP contribution in [0, 0.1) is 31.6 Å². The van der Waals surface area contributed by atoms with Crippen LogP contribution in [0.25, 0.3) is 17.1 Å². The first-order chi connectivity index (χ1) is 8.88. The Morgan fingerprint density at radius 1 is 1.17 bits per heavy atom. The number of aromatic nitrogens is 2. The Morgan fingerprint density at radius 2 is 1.94 bits per heavy atom. The maximum absolute atomic E-state index is 4.66.